The Morgan fingerprint density at radius 1 is 1.13 bits per heavy atom. The molecule has 0 aliphatic carbocycles. The number of benzene rings is 2. The van der Waals surface area contributed by atoms with Gasteiger partial charge in [0.05, 0.1) is 23.4 Å². The van der Waals surface area contributed by atoms with E-state index in [1.165, 1.54) is 56.7 Å². The Bertz CT molecular complexity index is 1030. The fourth-order valence-electron chi connectivity index (χ4n) is 2.71. The standard InChI is InChI=1S/C22H30N2O4S2/c1-15-8-9-16(22(2,3)4)12-20(15)29-14-21(25)23-18-13-17(10-11-19(18)28-7)30(26,27)24(5)6/h8-13H,14H2,1-7H3,(H,23,25). The molecule has 0 aliphatic rings. The van der Waals surface area contributed by atoms with Crippen LogP contribution in [0.3, 0.4) is 0 Å². The van der Waals surface area contributed by atoms with Gasteiger partial charge in [0.1, 0.15) is 5.75 Å². The van der Waals surface area contributed by atoms with Crippen molar-refractivity contribution in [2.45, 2.75) is 42.9 Å². The predicted molar refractivity (Wildman–Crippen MR) is 123 cm³/mol. The van der Waals surface area contributed by atoms with E-state index in [2.05, 4.69) is 44.3 Å². The molecule has 0 fully saturated rings. The van der Waals surface area contributed by atoms with E-state index in [0.717, 1.165) is 14.8 Å². The molecule has 30 heavy (non-hydrogen) atoms. The molecular formula is C22H30N2O4S2. The maximum Gasteiger partial charge on any atom is 0.242 e. The number of anilines is 1. The molecule has 6 nitrogen and oxygen atoms in total. The minimum absolute atomic E-state index is 0.0248. The first kappa shape index (κ1) is 24.2. The van der Waals surface area contributed by atoms with Crippen LogP contribution in [0.4, 0.5) is 5.69 Å². The van der Waals surface area contributed by atoms with Gasteiger partial charge in [-0.25, -0.2) is 12.7 Å². The molecule has 2 aromatic rings. The van der Waals surface area contributed by atoms with Gasteiger partial charge in [-0.1, -0.05) is 32.9 Å². The molecule has 0 saturated carbocycles. The molecule has 2 aromatic carbocycles. The van der Waals surface area contributed by atoms with Crippen LogP contribution in [0.5, 0.6) is 5.75 Å². The average molecular weight is 451 g/mol. The van der Waals surface area contributed by atoms with Crippen molar-refractivity contribution in [2.75, 3.05) is 32.3 Å². The summed E-state index contributed by atoms with van der Waals surface area (Å²) in [4.78, 5) is 13.7. The molecule has 0 radical (unpaired) electrons. The lowest BCUT2D eigenvalue weighted by Crippen LogP contribution is -2.22. The predicted octanol–water partition coefficient (Wildman–Crippen LogP) is 4.28. The number of methoxy groups -OCH3 is 1. The minimum atomic E-state index is -3.62. The molecule has 0 atom stereocenters. The molecule has 0 saturated heterocycles. The van der Waals surface area contributed by atoms with Crippen LogP contribution in [-0.2, 0) is 20.2 Å². The number of ether oxygens (including phenoxy) is 1. The zero-order chi connectivity index (χ0) is 22.7. The van der Waals surface area contributed by atoms with Gasteiger partial charge in [0.2, 0.25) is 15.9 Å². The number of carbonyl (C=O) groups excluding carboxylic acids is 1. The third-order valence-electron chi connectivity index (χ3n) is 4.64. The average Bonchev–Trinajstić information content (AvgIpc) is 2.66. The number of nitrogens with zero attached hydrogens (tertiary/aromatic N) is 1. The van der Waals surface area contributed by atoms with Gasteiger partial charge in [-0.3, -0.25) is 4.79 Å². The van der Waals surface area contributed by atoms with Crippen molar-refractivity contribution < 1.29 is 17.9 Å². The topological polar surface area (TPSA) is 75.7 Å². The second kappa shape index (κ2) is 9.41. The monoisotopic (exact) mass is 450 g/mol. The van der Waals surface area contributed by atoms with Crippen LogP contribution in [0.1, 0.15) is 31.9 Å². The van der Waals surface area contributed by atoms with Crippen molar-refractivity contribution in [3.63, 3.8) is 0 Å². The van der Waals surface area contributed by atoms with Crippen molar-refractivity contribution in [3.05, 3.63) is 47.5 Å². The first-order valence-corrected chi connectivity index (χ1v) is 11.9. The summed E-state index contributed by atoms with van der Waals surface area (Å²) < 4.78 is 31.2. The van der Waals surface area contributed by atoms with E-state index in [-0.39, 0.29) is 22.0 Å². The lowest BCUT2D eigenvalue weighted by molar-refractivity contribution is -0.113. The van der Waals surface area contributed by atoms with E-state index in [1.54, 1.807) is 0 Å². The molecule has 0 aromatic heterocycles. The zero-order valence-electron chi connectivity index (χ0n) is 18.6. The summed E-state index contributed by atoms with van der Waals surface area (Å²) in [6, 6.07) is 10.7. The second-order valence-corrected chi connectivity index (χ2v) is 11.4. The van der Waals surface area contributed by atoms with Gasteiger partial charge in [0.25, 0.3) is 0 Å². The van der Waals surface area contributed by atoms with Crippen LogP contribution in [0, 0.1) is 6.92 Å². The van der Waals surface area contributed by atoms with E-state index in [4.69, 9.17) is 4.74 Å². The first-order valence-electron chi connectivity index (χ1n) is 9.50. The maximum atomic E-state index is 12.6. The summed E-state index contributed by atoms with van der Waals surface area (Å²) >= 11 is 1.45. The largest absolute Gasteiger partial charge is 0.495 e. The molecule has 8 heteroatoms. The Balaban J connectivity index is 2.19. The molecule has 1 amide bonds. The number of thioether (sulfide) groups is 1. The Hall–Kier alpha value is -2.03. The van der Waals surface area contributed by atoms with Crippen LogP contribution in [0.25, 0.3) is 0 Å². The number of hydrogen-bond donors (Lipinski definition) is 1. The number of rotatable bonds is 7. The smallest absolute Gasteiger partial charge is 0.242 e. The second-order valence-electron chi connectivity index (χ2n) is 8.22. The van der Waals surface area contributed by atoms with Crippen molar-refractivity contribution >= 4 is 33.4 Å². The Kier molecular flexibility index (Phi) is 7.60. The van der Waals surface area contributed by atoms with Gasteiger partial charge in [0, 0.05) is 19.0 Å². The third kappa shape index (κ3) is 5.77. The summed E-state index contributed by atoms with van der Waals surface area (Å²) in [6.45, 7) is 8.48. The number of carbonyl (C=O) groups is 1. The Morgan fingerprint density at radius 3 is 2.37 bits per heavy atom. The summed E-state index contributed by atoms with van der Waals surface area (Å²) in [7, 11) is 0.776. The molecule has 0 aliphatic heterocycles. The lowest BCUT2D eigenvalue weighted by Gasteiger charge is -2.20. The fraction of sp³-hybridized carbons (Fsp3) is 0.409. The number of sulfonamides is 1. The molecule has 0 unspecified atom stereocenters. The van der Waals surface area contributed by atoms with Gasteiger partial charge in [-0.2, -0.15) is 0 Å². The fourth-order valence-corrected chi connectivity index (χ4v) is 4.50. The highest BCUT2D eigenvalue weighted by Gasteiger charge is 2.20. The highest BCUT2D eigenvalue weighted by atomic mass is 32.2. The Morgan fingerprint density at radius 2 is 1.80 bits per heavy atom. The van der Waals surface area contributed by atoms with Crippen molar-refractivity contribution in [1.82, 2.24) is 4.31 Å². The molecule has 0 heterocycles. The number of amides is 1. The van der Waals surface area contributed by atoms with E-state index in [9.17, 15) is 13.2 Å². The summed E-state index contributed by atoms with van der Waals surface area (Å²) in [6.07, 6.45) is 0. The van der Waals surface area contributed by atoms with Crippen LogP contribution in [0.2, 0.25) is 0 Å². The van der Waals surface area contributed by atoms with Gasteiger partial charge in [-0.05, 0) is 47.7 Å². The van der Waals surface area contributed by atoms with Crippen molar-refractivity contribution in [1.29, 1.82) is 0 Å². The van der Waals surface area contributed by atoms with E-state index in [0.29, 0.717) is 11.4 Å². The zero-order valence-corrected chi connectivity index (χ0v) is 20.2. The van der Waals surface area contributed by atoms with E-state index >= 15 is 0 Å². The highest BCUT2D eigenvalue weighted by molar-refractivity contribution is 8.00. The first-order chi connectivity index (χ1) is 13.9. The number of aryl methyl sites for hydroxylation is 1. The van der Waals surface area contributed by atoms with E-state index < -0.39 is 10.0 Å². The maximum absolute atomic E-state index is 12.6. The van der Waals surface area contributed by atoms with Gasteiger partial charge < -0.3 is 10.1 Å². The summed E-state index contributed by atoms with van der Waals surface area (Å²) in [5.41, 5.74) is 2.67. The normalized spacial score (nSPS) is 12.1. The number of hydrogen-bond acceptors (Lipinski definition) is 5. The van der Waals surface area contributed by atoms with Crippen LogP contribution in [0.15, 0.2) is 46.2 Å². The van der Waals surface area contributed by atoms with E-state index in [1.807, 2.05) is 6.92 Å². The molecule has 1 N–H and O–H groups in total. The summed E-state index contributed by atoms with van der Waals surface area (Å²) in [5.74, 6) is 0.359. The van der Waals surface area contributed by atoms with Gasteiger partial charge in [-0.15, -0.1) is 11.8 Å². The van der Waals surface area contributed by atoms with Gasteiger partial charge in [0.15, 0.2) is 0 Å². The minimum Gasteiger partial charge on any atom is -0.495 e. The van der Waals surface area contributed by atoms with Crippen molar-refractivity contribution in [2.24, 2.45) is 0 Å². The quantitative estimate of drug-likeness (QED) is 0.637. The van der Waals surface area contributed by atoms with Crippen molar-refractivity contribution in [3.8, 4) is 5.75 Å². The third-order valence-corrected chi connectivity index (χ3v) is 7.60. The molecule has 2 rings (SSSR count). The van der Waals surface area contributed by atoms with Crippen LogP contribution >= 0.6 is 11.8 Å². The lowest BCUT2D eigenvalue weighted by atomic mass is 9.87. The van der Waals surface area contributed by atoms with Gasteiger partial charge >= 0.3 is 0 Å². The van der Waals surface area contributed by atoms with Crippen LogP contribution < -0.4 is 10.1 Å². The molecule has 164 valence electrons. The van der Waals surface area contributed by atoms with Crippen LogP contribution in [-0.4, -0.2) is 45.6 Å². The Labute approximate surface area is 184 Å². The number of nitrogens with one attached hydrogen (secondary N) is 1. The molecular weight excluding hydrogens is 420 g/mol. The molecule has 0 spiro atoms. The SMILES string of the molecule is COc1ccc(S(=O)(=O)N(C)C)cc1NC(=O)CSc1cc(C(C)(C)C)ccc1C. The molecule has 0 bridgehead atoms. The summed E-state index contributed by atoms with van der Waals surface area (Å²) in [5, 5.41) is 2.78. The highest BCUT2D eigenvalue weighted by Crippen LogP contribution is 2.31.